The number of carbonyl (C=O) groups excluding carboxylic acids is 1. The molecule has 1 fully saturated rings. The molecule has 0 bridgehead atoms. The van der Waals surface area contributed by atoms with Crippen LogP contribution in [0.25, 0.3) is 0 Å². The topological polar surface area (TPSA) is 71.5 Å². The molecule has 0 unspecified atom stereocenters. The Bertz CT molecular complexity index is 778. The van der Waals surface area contributed by atoms with Crippen LogP contribution in [-0.4, -0.2) is 34.2 Å². The summed E-state index contributed by atoms with van der Waals surface area (Å²) in [4.78, 5) is 16.4. The van der Waals surface area contributed by atoms with Crippen molar-refractivity contribution in [2.45, 2.75) is 56.8 Å². The summed E-state index contributed by atoms with van der Waals surface area (Å²) in [6, 6.07) is 9.70. The zero-order chi connectivity index (χ0) is 17.9. The van der Waals surface area contributed by atoms with E-state index in [2.05, 4.69) is 22.4 Å². The van der Waals surface area contributed by atoms with Gasteiger partial charge in [-0.05, 0) is 60.9 Å². The van der Waals surface area contributed by atoms with Gasteiger partial charge in [0.05, 0.1) is 18.7 Å². The lowest BCUT2D eigenvalue weighted by molar-refractivity contribution is -0.122. The molecular formula is C21H24N2O3. The van der Waals surface area contributed by atoms with Gasteiger partial charge in [0.2, 0.25) is 5.91 Å². The van der Waals surface area contributed by atoms with Crippen LogP contribution in [0.4, 0.5) is 0 Å². The molecule has 5 heteroatoms. The van der Waals surface area contributed by atoms with E-state index in [0.717, 1.165) is 18.4 Å². The monoisotopic (exact) mass is 352 g/mol. The summed E-state index contributed by atoms with van der Waals surface area (Å²) in [6.45, 7) is 0. The van der Waals surface area contributed by atoms with Gasteiger partial charge < -0.3 is 15.2 Å². The minimum absolute atomic E-state index is 0.0472. The predicted molar refractivity (Wildman–Crippen MR) is 98.0 cm³/mol. The van der Waals surface area contributed by atoms with E-state index >= 15 is 0 Å². The van der Waals surface area contributed by atoms with E-state index in [1.54, 1.807) is 18.5 Å². The second-order valence-corrected chi connectivity index (χ2v) is 7.22. The van der Waals surface area contributed by atoms with Crippen molar-refractivity contribution in [1.82, 2.24) is 10.3 Å². The van der Waals surface area contributed by atoms with Gasteiger partial charge in [0, 0.05) is 6.20 Å². The van der Waals surface area contributed by atoms with Crippen LogP contribution in [0.1, 0.15) is 36.0 Å². The van der Waals surface area contributed by atoms with E-state index in [0.29, 0.717) is 25.0 Å². The van der Waals surface area contributed by atoms with Crippen molar-refractivity contribution in [2.24, 2.45) is 0 Å². The van der Waals surface area contributed by atoms with Crippen LogP contribution in [0.3, 0.4) is 0 Å². The Balaban J connectivity index is 1.32. The third-order valence-corrected chi connectivity index (χ3v) is 5.35. The first-order valence-corrected chi connectivity index (χ1v) is 9.34. The molecule has 0 spiro atoms. The smallest absolute Gasteiger partial charge is 0.224 e. The number of aliphatic hydroxyl groups is 1. The van der Waals surface area contributed by atoms with Crippen LogP contribution in [0, 0.1) is 0 Å². The number of nitrogens with one attached hydrogen (secondary N) is 1. The summed E-state index contributed by atoms with van der Waals surface area (Å²) < 4.78 is 5.80. The van der Waals surface area contributed by atoms with Crippen molar-refractivity contribution in [2.75, 3.05) is 0 Å². The molecule has 3 atom stereocenters. The van der Waals surface area contributed by atoms with Gasteiger partial charge in [-0.1, -0.05) is 18.2 Å². The fourth-order valence-electron chi connectivity index (χ4n) is 4.00. The van der Waals surface area contributed by atoms with Gasteiger partial charge in [0.1, 0.15) is 18.0 Å². The van der Waals surface area contributed by atoms with Crippen molar-refractivity contribution in [3.8, 4) is 5.75 Å². The predicted octanol–water partition coefficient (Wildman–Crippen LogP) is 2.20. The zero-order valence-electron chi connectivity index (χ0n) is 14.7. The maximum absolute atomic E-state index is 12.4. The summed E-state index contributed by atoms with van der Waals surface area (Å²) >= 11 is 0. The van der Waals surface area contributed by atoms with Crippen LogP contribution < -0.4 is 10.1 Å². The van der Waals surface area contributed by atoms with Crippen LogP contribution in [0.5, 0.6) is 5.75 Å². The Kier molecular flexibility index (Phi) is 4.89. The molecule has 1 heterocycles. The Hall–Kier alpha value is -2.40. The fourth-order valence-corrected chi connectivity index (χ4v) is 4.00. The molecule has 4 rings (SSSR count). The van der Waals surface area contributed by atoms with Crippen molar-refractivity contribution < 1.29 is 14.6 Å². The van der Waals surface area contributed by atoms with E-state index in [4.69, 9.17) is 4.74 Å². The maximum Gasteiger partial charge on any atom is 0.224 e. The molecule has 136 valence electrons. The summed E-state index contributed by atoms with van der Waals surface area (Å²) in [5.74, 6) is 0.593. The van der Waals surface area contributed by atoms with Gasteiger partial charge in [-0.2, -0.15) is 0 Å². The van der Waals surface area contributed by atoms with Crippen molar-refractivity contribution >= 4 is 5.91 Å². The highest BCUT2D eigenvalue weighted by molar-refractivity contribution is 5.79. The second kappa shape index (κ2) is 7.46. The quantitative estimate of drug-likeness (QED) is 0.865. The average molecular weight is 352 g/mol. The van der Waals surface area contributed by atoms with Crippen molar-refractivity contribution in [3.63, 3.8) is 0 Å². The van der Waals surface area contributed by atoms with E-state index in [-0.39, 0.29) is 18.1 Å². The van der Waals surface area contributed by atoms with Gasteiger partial charge in [0.25, 0.3) is 0 Å². The average Bonchev–Trinajstić information content (AvgIpc) is 3.24. The molecule has 0 radical (unpaired) electrons. The van der Waals surface area contributed by atoms with Crippen LogP contribution >= 0.6 is 0 Å². The summed E-state index contributed by atoms with van der Waals surface area (Å²) in [7, 11) is 0. The number of rotatable bonds is 5. The normalized spacial score (nSPS) is 24.3. The number of aromatic nitrogens is 1. The number of aliphatic hydroxyl groups excluding tert-OH is 1. The highest BCUT2D eigenvalue weighted by Gasteiger charge is 2.37. The lowest BCUT2D eigenvalue weighted by Gasteiger charge is -2.21. The molecule has 5 nitrogen and oxygen atoms in total. The molecular weight excluding hydrogens is 328 g/mol. The number of fused-ring (bicyclic) bond motifs is 1. The highest BCUT2D eigenvalue weighted by Crippen LogP contribution is 2.26. The Morgan fingerprint density at radius 2 is 2.12 bits per heavy atom. The first kappa shape index (κ1) is 17.0. The van der Waals surface area contributed by atoms with E-state index in [9.17, 15) is 9.90 Å². The zero-order valence-corrected chi connectivity index (χ0v) is 14.7. The summed E-state index contributed by atoms with van der Waals surface area (Å²) in [6.07, 6.45) is 7.52. The molecule has 0 saturated heterocycles. The number of amides is 1. The number of hydrogen-bond acceptors (Lipinski definition) is 4. The Morgan fingerprint density at radius 1 is 1.23 bits per heavy atom. The second-order valence-electron chi connectivity index (χ2n) is 7.22. The molecule has 1 aromatic heterocycles. The number of ether oxygens (including phenoxy) is 1. The number of benzene rings is 1. The van der Waals surface area contributed by atoms with E-state index in [1.807, 2.05) is 12.1 Å². The molecule has 1 amide bonds. The van der Waals surface area contributed by atoms with E-state index in [1.165, 1.54) is 17.5 Å². The van der Waals surface area contributed by atoms with E-state index < -0.39 is 6.10 Å². The first-order chi connectivity index (χ1) is 12.7. The fraction of sp³-hybridized carbons (Fsp3) is 0.429. The standard InChI is InChI=1S/C21H24N2O3/c24-20(12-14-6-7-15-3-1-4-16(15)11-14)23-18-8-9-19(21(18)25)26-17-5-2-10-22-13-17/h2,5-7,10-11,13,18-19,21,25H,1,3-4,8-9,12H2,(H,23,24)/t18-,19-,21-/m1/s1. The first-order valence-electron chi connectivity index (χ1n) is 9.34. The van der Waals surface area contributed by atoms with Crippen LogP contribution in [0.15, 0.2) is 42.7 Å². The van der Waals surface area contributed by atoms with Gasteiger partial charge >= 0.3 is 0 Å². The van der Waals surface area contributed by atoms with Crippen LogP contribution in [0.2, 0.25) is 0 Å². The number of carbonyl (C=O) groups is 1. The molecule has 2 aliphatic rings. The largest absolute Gasteiger partial charge is 0.486 e. The van der Waals surface area contributed by atoms with Gasteiger partial charge in [-0.3, -0.25) is 9.78 Å². The molecule has 1 aromatic carbocycles. The minimum atomic E-state index is -0.709. The number of hydrogen-bond donors (Lipinski definition) is 2. The van der Waals surface area contributed by atoms with Crippen molar-refractivity contribution in [1.29, 1.82) is 0 Å². The Morgan fingerprint density at radius 3 is 2.96 bits per heavy atom. The number of pyridine rings is 1. The molecule has 2 aromatic rings. The highest BCUT2D eigenvalue weighted by atomic mass is 16.5. The number of aryl methyl sites for hydroxylation is 2. The third kappa shape index (κ3) is 3.73. The lowest BCUT2D eigenvalue weighted by atomic mass is 10.0. The summed E-state index contributed by atoms with van der Waals surface area (Å²) in [5.41, 5.74) is 3.83. The van der Waals surface area contributed by atoms with Gasteiger partial charge in [0.15, 0.2) is 0 Å². The minimum Gasteiger partial charge on any atom is -0.486 e. The third-order valence-electron chi connectivity index (χ3n) is 5.35. The maximum atomic E-state index is 12.4. The van der Waals surface area contributed by atoms with Crippen molar-refractivity contribution in [3.05, 3.63) is 59.4 Å². The SMILES string of the molecule is O=C(Cc1ccc2c(c1)CCC2)N[C@@H]1CC[C@@H](Oc2cccnc2)[C@@H]1O. The molecule has 0 aliphatic heterocycles. The van der Waals surface area contributed by atoms with Gasteiger partial charge in [-0.15, -0.1) is 0 Å². The Labute approximate surface area is 153 Å². The molecule has 1 saturated carbocycles. The molecule has 26 heavy (non-hydrogen) atoms. The lowest BCUT2D eigenvalue weighted by Crippen LogP contribution is -2.44. The molecule has 2 aliphatic carbocycles. The van der Waals surface area contributed by atoms with Crippen LogP contribution in [-0.2, 0) is 24.1 Å². The number of nitrogens with zero attached hydrogens (tertiary/aromatic N) is 1. The van der Waals surface area contributed by atoms with Gasteiger partial charge in [-0.25, -0.2) is 0 Å². The molecule has 2 N–H and O–H groups in total. The summed E-state index contributed by atoms with van der Waals surface area (Å²) in [5, 5.41) is 13.5.